The van der Waals surface area contributed by atoms with Crippen LogP contribution in [0.3, 0.4) is 0 Å². The summed E-state index contributed by atoms with van der Waals surface area (Å²) in [6, 6.07) is 15.2. The number of hydrogen-bond donors (Lipinski definition) is 2. The van der Waals surface area contributed by atoms with Crippen molar-refractivity contribution in [2.75, 3.05) is 13.1 Å². The van der Waals surface area contributed by atoms with Crippen LogP contribution in [0.25, 0.3) is 11.0 Å². The number of aliphatic imine (C=N–C) groups is 1. The molecule has 0 spiro atoms. The molecule has 0 aliphatic carbocycles. The van der Waals surface area contributed by atoms with Gasteiger partial charge in [0.15, 0.2) is 0 Å². The molecule has 1 aromatic heterocycles. The van der Waals surface area contributed by atoms with E-state index in [0.29, 0.717) is 42.1 Å². The van der Waals surface area contributed by atoms with Crippen LogP contribution in [-0.4, -0.2) is 47.8 Å². The Kier molecular flexibility index (Phi) is 5.51. The third kappa shape index (κ3) is 4.11. The zero-order valence-electron chi connectivity index (χ0n) is 16.1. The number of fused-ring (bicyclic) bond motifs is 1. The molecule has 1 amide bonds. The van der Waals surface area contributed by atoms with Crippen molar-refractivity contribution in [3.63, 3.8) is 0 Å². The smallest absolute Gasteiger partial charge is 0.465 e. The summed E-state index contributed by atoms with van der Waals surface area (Å²) in [5.41, 5.74) is 3.64. The monoisotopic (exact) mass is 390 g/mol. The average molecular weight is 390 g/mol. The maximum atomic E-state index is 12.9. The predicted molar refractivity (Wildman–Crippen MR) is 114 cm³/mol. The van der Waals surface area contributed by atoms with Gasteiger partial charge in [0.25, 0.3) is 5.91 Å². The second-order valence-electron chi connectivity index (χ2n) is 7.47. The molecular weight excluding hydrogens is 367 g/mol. The molecule has 4 rings (SSSR count). The van der Waals surface area contributed by atoms with Crippen LogP contribution in [-0.2, 0) is 6.54 Å². The van der Waals surface area contributed by atoms with Gasteiger partial charge in [-0.15, -0.1) is 0 Å². The molecule has 148 valence electrons. The van der Waals surface area contributed by atoms with Crippen LogP contribution in [0.4, 0.5) is 0 Å². The molecule has 1 fully saturated rings. The Morgan fingerprint density at radius 1 is 1.17 bits per heavy atom. The number of furan rings is 1. The van der Waals surface area contributed by atoms with Crippen molar-refractivity contribution in [2.24, 2.45) is 4.99 Å². The molecule has 0 atom stereocenters. The summed E-state index contributed by atoms with van der Waals surface area (Å²) >= 11 is 0. The first-order chi connectivity index (χ1) is 14.0. The molecule has 0 saturated carbocycles. The SMILES string of the molecule is C=NCc1cccc(C2CCN(C(=O)c3ccc4oc(B(O)O)cc4c3)CC2)c1. The molecule has 1 aliphatic rings. The number of hydrogen-bond acceptors (Lipinski definition) is 5. The Hall–Kier alpha value is -2.90. The number of amides is 1. The van der Waals surface area contributed by atoms with Gasteiger partial charge in [0, 0.05) is 24.0 Å². The highest BCUT2D eigenvalue weighted by molar-refractivity contribution is 6.57. The lowest BCUT2D eigenvalue weighted by Crippen LogP contribution is -2.37. The van der Waals surface area contributed by atoms with E-state index in [1.807, 2.05) is 4.90 Å². The first-order valence-corrected chi connectivity index (χ1v) is 9.75. The van der Waals surface area contributed by atoms with Crippen molar-refractivity contribution in [3.05, 3.63) is 65.2 Å². The molecule has 7 heteroatoms. The lowest BCUT2D eigenvalue weighted by atomic mass is 9.87. The molecule has 29 heavy (non-hydrogen) atoms. The number of benzene rings is 2. The molecule has 2 aromatic carbocycles. The molecule has 2 N–H and O–H groups in total. The maximum absolute atomic E-state index is 12.9. The Morgan fingerprint density at radius 2 is 1.97 bits per heavy atom. The van der Waals surface area contributed by atoms with E-state index < -0.39 is 7.12 Å². The summed E-state index contributed by atoms with van der Waals surface area (Å²) in [5, 5.41) is 19.2. The van der Waals surface area contributed by atoms with Crippen molar-refractivity contribution in [2.45, 2.75) is 25.3 Å². The summed E-state index contributed by atoms with van der Waals surface area (Å²) in [6.45, 7) is 5.59. The fourth-order valence-electron chi connectivity index (χ4n) is 4.00. The Labute approximate surface area is 169 Å². The van der Waals surface area contributed by atoms with Crippen molar-refractivity contribution in [1.82, 2.24) is 4.90 Å². The molecule has 2 heterocycles. The Balaban J connectivity index is 1.44. The molecule has 1 saturated heterocycles. The number of likely N-dealkylation sites (tertiary alicyclic amines) is 1. The van der Waals surface area contributed by atoms with Gasteiger partial charge in [0.2, 0.25) is 0 Å². The normalized spacial score (nSPS) is 14.9. The highest BCUT2D eigenvalue weighted by Crippen LogP contribution is 2.29. The van der Waals surface area contributed by atoms with E-state index in [-0.39, 0.29) is 11.6 Å². The zero-order chi connectivity index (χ0) is 20.4. The molecular formula is C22H23BN2O4. The van der Waals surface area contributed by atoms with Crippen LogP contribution < -0.4 is 5.66 Å². The lowest BCUT2D eigenvalue weighted by Gasteiger charge is -2.32. The number of piperidine rings is 1. The first kappa shape index (κ1) is 19.4. The minimum absolute atomic E-state index is 0.0118. The van der Waals surface area contributed by atoms with Crippen molar-refractivity contribution in [3.8, 4) is 0 Å². The summed E-state index contributed by atoms with van der Waals surface area (Å²) in [6.07, 6.45) is 1.84. The van der Waals surface area contributed by atoms with Gasteiger partial charge in [-0.1, -0.05) is 24.3 Å². The molecule has 0 unspecified atom stereocenters. The van der Waals surface area contributed by atoms with Crippen LogP contribution in [0.5, 0.6) is 0 Å². The lowest BCUT2D eigenvalue weighted by molar-refractivity contribution is 0.0713. The molecule has 0 radical (unpaired) electrons. The highest BCUT2D eigenvalue weighted by atomic mass is 16.4. The van der Waals surface area contributed by atoms with Gasteiger partial charge in [0.1, 0.15) is 11.2 Å². The first-order valence-electron chi connectivity index (χ1n) is 9.75. The van der Waals surface area contributed by atoms with E-state index in [1.54, 1.807) is 24.3 Å². The van der Waals surface area contributed by atoms with Crippen LogP contribution >= 0.6 is 0 Å². The van der Waals surface area contributed by atoms with Crippen LogP contribution in [0.2, 0.25) is 0 Å². The number of carbonyl (C=O) groups is 1. The predicted octanol–water partition coefficient (Wildman–Crippen LogP) is 2.33. The van der Waals surface area contributed by atoms with Crippen LogP contribution in [0.15, 0.2) is 57.9 Å². The standard InChI is InChI=1S/C22H23BN2O4/c1-24-14-15-3-2-4-17(11-15)16-7-9-25(10-8-16)22(26)18-5-6-20-19(12-18)13-21(29-20)23(27)28/h2-6,11-13,16,27-28H,1,7-10,14H2. The highest BCUT2D eigenvalue weighted by Gasteiger charge is 2.25. The Morgan fingerprint density at radius 3 is 2.69 bits per heavy atom. The van der Waals surface area contributed by atoms with Crippen LogP contribution in [0, 0.1) is 0 Å². The van der Waals surface area contributed by atoms with E-state index in [4.69, 9.17) is 4.42 Å². The van der Waals surface area contributed by atoms with Crippen molar-refractivity contribution in [1.29, 1.82) is 0 Å². The summed E-state index contributed by atoms with van der Waals surface area (Å²) in [4.78, 5) is 18.8. The van der Waals surface area contributed by atoms with E-state index in [9.17, 15) is 14.8 Å². The Bertz CT molecular complexity index is 1040. The largest absolute Gasteiger partial charge is 0.526 e. The van der Waals surface area contributed by atoms with E-state index in [1.165, 1.54) is 5.56 Å². The topological polar surface area (TPSA) is 86.3 Å². The average Bonchev–Trinajstić information content (AvgIpc) is 3.18. The minimum Gasteiger partial charge on any atom is -0.465 e. The molecule has 1 aliphatic heterocycles. The quantitative estimate of drug-likeness (QED) is 0.517. The molecule has 6 nitrogen and oxygen atoms in total. The summed E-state index contributed by atoms with van der Waals surface area (Å²) < 4.78 is 5.36. The van der Waals surface area contributed by atoms with Gasteiger partial charge in [-0.2, -0.15) is 0 Å². The summed E-state index contributed by atoms with van der Waals surface area (Å²) in [7, 11) is -1.67. The number of nitrogens with zero attached hydrogens (tertiary/aromatic N) is 2. The second kappa shape index (κ2) is 8.23. The fourth-order valence-corrected chi connectivity index (χ4v) is 4.00. The minimum atomic E-state index is -1.67. The van der Waals surface area contributed by atoms with Crippen molar-refractivity contribution < 1.29 is 19.3 Å². The van der Waals surface area contributed by atoms with Crippen molar-refractivity contribution >= 4 is 36.4 Å². The van der Waals surface area contributed by atoms with Gasteiger partial charge < -0.3 is 19.4 Å². The van der Waals surface area contributed by atoms with Crippen LogP contribution in [0.1, 0.15) is 40.2 Å². The fraction of sp³-hybridized carbons (Fsp3) is 0.273. The van der Waals surface area contributed by atoms with Gasteiger partial charge in [0.05, 0.1) is 6.54 Å². The zero-order valence-corrected chi connectivity index (χ0v) is 16.1. The third-order valence-corrected chi connectivity index (χ3v) is 5.54. The summed E-state index contributed by atoms with van der Waals surface area (Å²) in [5.74, 6) is 0.427. The molecule has 3 aromatic rings. The number of rotatable bonds is 5. The number of carbonyl (C=O) groups excluding carboxylic acids is 1. The maximum Gasteiger partial charge on any atom is 0.526 e. The van der Waals surface area contributed by atoms with E-state index in [0.717, 1.165) is 18.4 Å². The third-order valence-electron chi connectivity index (χ3n) is 5.54. The van der Waals surface area contributed by atoms with E-state index >= 15 is 0 Å². The van der Waals surface area contributed by atoms with Gasteiger partial charge in [-0.3, -0.25) is 9.79 Å². The van der Waals surface area contributed by atoms with Gasteiger partial charge in [-0.25, -0.2) is 0 Å². The molecule has 0 bridgehead atoms. The second-order valence-corrected chi connectivity index (χ2v) is 7.47. The van der Waals surface area contributed by atoms with Gasteiger partial charge in [-0.05, 0) is 60.9 Å². The van der Waals surface area contributed by atoms with Gasteiger partial charge >= 0.3 is 7.12 Å². The van der Waals surface area contributed by atoms with E-state index in [2.05, 4.69) is 36.0 Å².